The fraction of sp³-hybridized carbons (Fsp3) is 0.417. The fourth-order valence-corrected chi connectivity index (χ4v) is 1.31. The number of anilines is 1. The molecule has 2 N–H and O–H groups in total. The Hall–Kier alpha value is -1.42. The molecule has 0 fully saturated rings. The SMILES string of the molecule is CCCCOC(=O)COc1cc(N)ccc1Cl. The third-order valence-electron chi connectivity index (χ3n) is 2.06. The molecule has 0 unspecified atom stereocenters. The van der Waals surface area contributed by atoms with Crippen LogP contribution in [0.15, 0.2) is 18.2 Å². The number of nitrogen functional groups attached to an aromatic ring is 1. The molecule has 5 heteroatoms. The summed E-state index contributed by atoms with van der Waals surface area (Å²) in [7, 11) is 0. The number of ether oxygens (including phenoxy) is 2. The Morgan fingerprint density at radius 1 is 1.47 bits per heavy atom. The Morgan fingerprint density at radius 3 is 2.94 bits per heavy atom. The normalized spacial score (nSPS) is 10.0. The number of halogens is 1. The van der Waals surface area contributed by atoms with Crippen molar-refractivity contribution in [3.63, 3.8) is 0 Å². The molecule has 0 radical (unpaired) electrons. The van der Waals surface area contributed by atoms with Gasteiger partial charge in [0.1, 0.15) is 5.75 Å². The van der Waals surface area contributed by atoms with Crippen molar-refractivity contribution < 1.29 is 14.3 Å². The zero-order valence-electron chi connectivity index (χ0n) is 9.74. The van der Waals surface area contributed by atoms with Crippen LogP contribution >= 0.6 is 11.6 Å². The van der Waals surface area contributed by atoms with E-state index in [1.807, 2.05) is 6.92 Å². The van der Waals surface area contributed by atoms with Gasteiger partial charge in [0.05, 0.1) is 11.6 Å². The number of unbranched alkanes of at least 4 members (excludes halogenated alkanes) is 1. The van der Waals surface area contributed by atoms with E-state index in [2.05, 4.69) is 0 Å². The molecule has 1 rings (SSSR count). The molecule has 0 bridgehead atoms. The summed E-state index contributed by atoms with van der Waals surface area (Å²) in [5.74, 6) is -0.0175. The first kappa shape index (κ1) is 13.6. The number of benzene rings is 1. The van der Waals surface area contributed by atoms with E-state index < -0.39 is 5.97 Å². The molecule has 4 nitrogen and oxygen atoms in total. The molecule has 0 saturated carbocycles. The van der Waals surface area contributed by atoms with Gasteiger partial charge in [-0.1, -0.05) is 24.9 Å². The maximum atomic E-state index is 11.3. The molecule has 0 spiro atoms. The van der Waals surface area contributed by atoms with Crippen LogP contribution in [-0.4, -0.2) is 19.2 Å². The summed E-state index contributed by atoms with van der Waals surface area (Å²) in [4.78, 5) is 11.3. The predicted molar refractivity (Wildman–Crippen MR) is 67.2 cm³/mol. The van der Waals surface area contributed by atoms with Gasteiger partial charge in [0, 0.05) is 11.8 Å². The molecule has 1 aromatic carbocycles. The molecular weight excluding hydrogens is 242 g/mol. The lowest BCUT2D eigenvalue weighted by Gasteiger charge is -2.08. The second-order valence-corrected chi connectivity index (χ2v) is 3.96. The molecule has 0 aliphatic heterocycles. The Labute approximate surface area is 106 Å². The van der Waals surface area contributed by atoms with Crippen LogP contribution < -0.4 is 10.5 Å². The summed E-state index contributed by atoms with van der Waals surface area (Å²) in [6.07, 6.45) is 1.83. The molecule has 1 aromatic rings. The Bertz CT molecular complexity index is 382. The lowest BCUT2D eigenvalue weighted by atomic mass is 10.3. The van der Waals surface area contributed by atoms with Gasteiger partial charge in [0.25, 0.3) is 0 Å². The van der Waals surface area contributed by atoms with Crippen molar-refractivity contribution in [3.8, 4) is 5.75 Å². The van der Waals surface area contributed by atoms with E-state index in [1.165, 1.54) is 0 Å². The monoisotopic (exact) mass is 257 g/mol. The quantitative estimate of drug-likeness (QED) is 0.483. The van der Waals surface area contributed by atoms with Gasteiger partial charge in [-0.3, -0.25) is 0 Å². The third-order valence-corrected chi connectivity index (χ3v) is 2.37. The average Bonchev–Trinajstić information content (AvgIpc) is 2.31. The molecule has 94 valence electrons. The molecule has 0 atom stereocenters. The summed E-state index contributed by atoms with van der Waals surface area (Å²) in [6, 6.07) is 4.85. The van der Waals surface area contributed by atoms with Crippen molar-refractivity contribution in [3.05, 3.63) is 23.2 Å². The minimum Gasteiger partial charge on any atom is -0.480 e. The maximum Gasteiger partial charge on any atom is 0.344 e. The number of hydrogen-bond donors (Lipinski definition) is 1. The smallest absolute Gasteiger partial charge is 0.344 e. The van der Waals surface area contributed by atoms with Crippen molar-refractivity contribution in [1.82, 2.24) is 0 Å². The van der Waals surface area contributed by atoms with Crippen LogP contribution in [0.3, 0.4) is 0 Å². The number of hydrogen-bond acceptors (Lipinski definition) is 4. The standard InChI is InChI=1S/C12H16ClNO3/c1-2-3-6-16-12(15)8-17-11-7-9(14)4-5-10(11)13/h4-5,7H,2-3,6,8,14H2,1H3. The van der Waals surface area contributed by atoms with Crippen molar-refractivity contribution in [2.75, 3.05) is 18.9 Å². The molecular formula is C12H16ClNO3. The largest absolute Gasteiger partial charge is 0.480 e. The minimum absolute atomic E-state index is 0.160. The molecule has 0 aromatic heterocycles. The maximum absolute atomic E-state index is 11.3. The van der Waals surface area contributed by atoms with E-state index in [0.29, 0.717) is 23.1 Å². The first-order valence-corrected chi connectivity index (χ1v) is 5.84. The highest BCUT2D eigenvalue weighted by atomic mass is 35.5. The van der Waals surface area contributed by atoms with E-state index in [1.54, 1.807) is 18.2 Å². The summed E-state index contributed by atoms with van der Waals surface area (Å²) in [5.41, 5.74) is 6.11. The Kier molecular flexibility index (Phi) is 5.63. The first-order chi connectivity index (χ1) is 8.13. The zero-order chi connectivity index (χ0) is 12.7. The molecule has 0 amide bonds. The van der Waals surface area contributed by atoms with Crippen LogP contribution in [0.2, 0.25) is 5.02 Å². The number of carbonyl (C=O) groups excluding carboxylic acids is 1. The molecule has 0 aliphatic rings. The van der Waals surface area contributed by atoms with Crippen molar-refractivity contribution in [1.29, 1.82) is 0 Å². The van der Waals surface area contributed by atoms with Crippen LogP contribution in [0.5, 0.6) is 5.75 Å². The molecule has 17 heavy (non-hydrogen) atoms. The second kappa shape index (κ2) is 7.01. The van der Waals surface area contributed by atoms with Crippen molar-refractivity contribution in [2.45, 2.75) is 19.8 Å². The van der Waals surface area contributed by atoms with E-state index in [9.17, 15) is 4.79 Å². The number of esters is 1. The summed E-state index contributed by atoms with van der Waals surface area (Å²) in [5, 5.41) is 0.417. The van der Waals surface area contributed by atoms with Crippen molar-refractivity contribution >= 4 is 23.3 Å². The van der Waals surface area contributed by atoms with Crippen LogP contribution in [0.25, 0.3) is 0 Å². The van der Waals surface area contributed by atoms with Gasteiger partial charge < -0.3 is 15.2 Å². The molecule has 0 heterocycles. The van der Waals surface area contributed by atoms with Gasteiger partial charge in [-0.25, -0.2) is 4.79 Å². The zero-order valence-corrected chi connectivity index (χ0v) is 10.5. The topological polar surface area (TPSA) is 61.5 Å². The van der Waals surface area contributed by atoms with E-state index >= 15 is 0 Å². The lowest BCUT2D eigenvalue weighted by Crippen LogP contribution is -2.15. The molecule has 0 saturated heterocycles. The highest BCUT2D eigenvalue weighted by Gasteiger charge is 2.07. The predicted octanol–water partition coefficient (Wildman–Crippen LogP) is 2.64. The van der Waals surface area contributed by atoms with Crippen LogP contribution in [0, 0.1) is 0 Å². The Balaban J connectivity index is 2.39. The van der Waals surface area contributed by atoms with Gasteiger partial charge in [-0.15, -0.1) is 0 Å². The van der Waals surface area contributed by atoms with Crippen LogP contribution in [0.1, 0.15) is 19.8 Å². The average molecular weight is 258 g/mol. The van der Waals surface area contributed by atoms with E-state index in [-0.39, 0.29) is 6.61 Å². The number of rotatable bonds is 6. The number of carbonyl (C=O) groups is 1. The third kappa shape index (κ3) is 4.95. The van der Waals surface area contributed by atoms with Gasteiger partial charge in [0.2, 0.25) is 0 Å². The van der Waals surface area contributed by atoms with Crippen LogP contribution in [0.4, 0.5) is 5.69 Å². The lowest BCUT2D eigenvalue weighted by molar-refractivity contribution is -0.146. The van der Waals surface area contributed by atoms with Crippen molar-refractivity contribution in [2.24, 2.45) is 0 Å². The molecule has 0 aliphatic carbocycles. The summed E-state index contributed by atoms with van der Waals surface area (Å²) in [6.45, 7) is 2.28. The van der Waals surface area contributed by atoms with Gasteiger partial charge in [0.15, 0.2) is 6.61 Å². The van der Waals surface area contributed by atoms with Gasteiger partial charge in [-0.05, 0) is 18.6 Å². The van der Waals surface area contributed by atoms with Gasteiger partial charge >= 0.3 is 5.97 Å². The van der Waals surface area contributed by atoms with Crippen LogP contribution in [-0.2, 0) is 9.53 Å². The fourth-order valence-electron chi connectivity index (χ4n) is 1.14. The summed E-state index contributed by atoms with van der Waals surface area (Å²) < 4.78 is 10.2. The first-order valence-electron chi connectivity index (χ1n) is 5.47. The Morgan fingerprint density at radius 2 is 2.24 bits per heavy atom. The van der Waals surface area contributed by atoms with E-state index in [4.69, 9.17) is 26.8 Å². The highest BCUT2D eigenvalue weighted by Crippen LogP contribution is 2.26. The second-order valence-electron chi connectivity index (χ2n) is 3.55. The number of nitrogens with two attached hydrogens (primary N) is 1. The van der Waals surface area contributed by atoms with E-state index in [0.717, 1.165) is 12.8 Å². The minimum atomic E-state index is -0.406. The summed E-state index contributed by atoms with van der Waals surface area (Å²) >= 11 is 5.87. The highest BCUT2D eigenvalue weighted by molar-refractivity contribution is 6.32. The van der Waals surface area contributed by atoms with Gasteiger partial charge in [-0.2, -0.15) is 0 Å².